The lowest BCUT2D eigenvalue weighted by Crippen LogP contribution is -2.37. The Labute approximate surface area is 77.3 Å². The quantitative estimate of drug-likeness (QED) is 0.658. The van der Waals surface area contributed by atoms with Crippen LogP contribution in [0.4, 0.5) is 13.2 Å². The zero-order chi connectivity index (χ0) is 10.5. The summed E-state index contributed by atoms with van der Waals surface area (Å²) in [5.74, 6) is -0.407. The van der Waals surface area contributed by atoms with Gasteiger partial charge in [0.1, 0.15) is 0 Å². The molecule has 0 saturated carbocycles. The SMILES string of the molecule is CCCC(CC)C(OC)C(F)(F)F. The fourth-order valence-electron chi connectivity index (χ4n) is 1.53. The van der Waals surface area contributed by atoms with Gasteiger partial charge in [-0.3, -0.25) is 0 Å². The average Bonchev–Trinajstić information content (AvgIpc) is 2.01. The van der Waals surface area contributed by atoms with Crippen LogP contribution in [0.3, 0.4) is 0 Å². The summed E-state index contributed by atoms with van der Waals surface area (Å²) in [6.45, 7) is 3.64. The summed E-state index contributed by atoms with van der Waals surface area (Å²) in [6.07, 6.45) is -4.00. The molecule has 4 heteroatoms. The fraction of sp³-hybridized carbons (Fsp3) is 1.00. The first kappa shape index (κ1) is 12.8. The Kier molecular flexibility index (Phi) is 5.37. The normalized spacial score (nSPS) is 17.1. The summed E-state index contributed by atoms with van der Waals surface area (Å²) in [6, 6.07) is 0. The molecule has 1 nitrogen and oxygen atoms in total. The number of methoxy groups -OCH3 is 1. The maximum absolute atomic E-state index is 12.4. The lowest BCUT2D eigenvalue weighted by Gasteiger charge is -2.26. The molecule has 2 unspecified atom stereocenters. The third-order valence-corrected chi connectivity index (χ3v) is 2.19. The predicted octanol–water partition coefficient (Wildman–Crippen LogP) is 3.39. The Hall–Kier alpha value is -0.250. The van der Waals surface area contributed by atoms with Crippen LogP contribution in [0.2, 0.25) is 0 Å². The Balaban J connectivity index is 4.34. The van der Waals surface area contributed by atoms with Gasteiger partial charge >= 0.3 is 6.18 Å². The van der Waals surface area contributed by atoms with Crippen molar-refractivity contribution in [3.63, 3.8) is 0 Å². The maximum atomic E-state index is 12.4. The second-order valence-corrected chi connectivity index (χ2v) is 3.15. The van der Waals surface area contributed by atoms with Crippen molar-refractivity contribution in [3.8, 4) is 0 Å². The highest BCUT2D eigenvalue weighted by molar-refractivity contribution is 4.75. The highest BCUT2D eigenvalue weighted by Crippen LogP contribution is 2.31. The standard InChI is InChI=1S/C9H17F3O/c1-4-6-7(5-2)8(13-3)9(10,11)12/h7-8H,4-6H2,1-3H3. The summed E-state index contributed by atoms with van der Waals surface area (Å²) < 4.78 is 41.6. The molecule has 0 saturated heterocycles. The van der Waals surface area contributed by atoms with Crippen molar-refractivity contribution in [2.24, 2.45) is 5.92 Å². The molecule has 0 amide bonds. The fourth-order valence-corrected chi connectivity index (χ4v) is 1.53. The monoisotopic (exact) mass is 198 g/mol. The molecule has 0 rings (SSSR count). The number of alkyl halides is 3. The number of rotatable bonds is 5. The molecule has 0 aromatic heterocycles. The van der Waals surface area contributed by atoms with E-state index >= 15 is 0 Å². The molecule has 0 spiro atoms. The molecule has 0 radical (unpaired) electrons. The van der Waals surface area contributed by atoms with Gasteiger partial charge in [-0.25, -0.2) is 0 Å². The second-order valence-electron chi connectivity index (χ2n) is 3.15. The lowest BCUT2D eigenvalue weighted by atomic mass is 9.94. The summed E-state index contributed by atoms with van der Waals surface area (Å²) in [4.78, 5) is 0. The van der Waals surface area contributed by atoms with Crippen LogP contribution in [0.1, 0.15) is 33.1 Å². The molecule has 0 bridgehead atoms. The summed E-state index contributed by atoms with van der Waals surface area (Å²) in [5.41, 5.74) is 0. The Morgan fingerprint density at radius 1 is 1.23 bits per heavy atom. The molecule has 2 atom stereocenters. The zero-order valence-electron chi connectivity index (χ0n) is 8.32. The van der Waals surface area contributed by atoms with E-state index in [0.29, 0.717) is 12.8 Å². The minimum Gasteiger partial charge on any atom is -0.372 e. The molecular weight excluding hydrogens is 181 g/mol. The van der Waals surface area contributed by atoms with Crippen LogP contribution < -0.4 is 0 Å². The molecule has 0 heterocycles. The van der Waals surface area contributed by atoms with Gasteiger partial charge in [0.25, 0.3) is 0 Å². The van der Waals surface area contributed by atoms with E-state index in [4.69, 9.17) is 0 Å². The van der Waals surface area contributed by atoms with E-state index in [-0.39, 0.29) is 0 Å². The van der Waals surface area contributed by atoms with Crippen LogP contribution in [-0.2, 0) is 4.74 Å². The Bertz CT molecular complexity index is 133. The summed E-state index contributed by atoms with van der Waals surface area (Å²) >= 11 is 0. The second kappa shape index (κ2) is 5.47. The van der Waals surface area contributed by atoms with Crippen molar-refractivity contribution >= 4 is 0 Å². The van der Waals surface area contributed by atoms with Crippen LogP contribution in [0, 0.1) is 5.92 Å². The largest absolute Gasteiger partial charge is 0.414 e. The smallest absolute Gasteiger partial charge is 0.372 e. The van der Waals surface area contributed by atoms with Crippen LogP contribution >= 0.6 is 0 Å². The minimum atomic E-state index is -4.23. The van der Waals surface area contributed by atoms with Crippen molar-refractivity contribution in [3.05, 3.63) is 0 Å². The molecule has 0 aliphatic heterocycles. The molecular formula is C9H17F3O. The third kappa shape index (κ3) is 3.98. The highest BCUT2D eigenvalue weighted by atomic mass is 19.4. The minimum absolute atomic E-state index is 0.407. The molecule has 0 aliphatic rings. The van der Waals surface area contributed by atoms with E-state index in [0.717, 1.165) is 13.5 Å². The van der Waals surface area contributed by atoms with Gasteiger partial charge in [-0.1, -0.05) is 26.7 Å². The highest BCUT2D eigenvalue weighted by Gasteiger charge is 2.43. The molecule has 0 aliphatic carbocycles. The van der Waals surface area contributed by atoms with E-state index in [1.54, 1.807) is 6.92 Å². The molecule has 80 valence electrons. The molecule has 0 aromatic rings. The van der Waals surface area contributed by atoms with E-state index in [1.165, 1.54) is 0 Å². The molecule has 0 aromatic carbocycles. The third-order valence-electron chi connectivity index (χ3n) is 2.19. The maximum Gasteiger partial charge on any atom is 0.414 e. The van der Waals surface area contributed by atoms with Gasteiger partial charge in [0.15, 0.2) is 6.10 Å². The summed E-state index contributed by atoms with van der Waals surface area (Å²) in [5, 5.41) is 0. The van der Waals surface area contributed by atoms with Gasteiger partial charge in [0.2, 0.25) is 0 Å². The first-order valence-corrected chi connectivity index (χ1v) is 4.56. The van der Waals surface area contributed by atoms with Gasteiger partial charge in [-0.2, -0.15) is 13.2 Å². The molecule has 0 N–H and O–H groups in total. The van der Waals surface area contributed by atoms with Crippen molar-refractivity contribution < 1.29 is 17.9 Å². The first-order valence-electron chi connectivity index (χ1n) is 4.56. The van der Waals surface area contributed by atoms with E-state index < -0.39 is 18.2 Å². The van der Waals surface area contributed by atoms with Crippen molar-refractivity contribution in [1.82, 2.24) is 0 Å². The topological polar surface area (TPSA) is 9.23 Å². The van der Waals surface area contributed by atoms with Gasteiger partial charge in [-0.15, -0.1) is 0 Å². The summed E-state index contributed by atoms with van der Waals surface area (Å²) in [7, 11) is 1.12. The van der Waals surface area contributed by atoms with Crippen LogP contribution in [0.5, 0.6) is 0 Å². The van der Waals surface area contributed by atoms with Crippen LogP contribution in [0.25, 0.3) is 0 Å². The molecule has 0 fully saturated rings. The van der Waals surface area contributed by atoms with Crippen molar-refractivity contribution in [1.29, 1.82) is 0 Å². The lowest BCUT2D eigenvalue weighted by molar-refractivity contribution is -0.229. The van der Waals surface area contributed by atoms with E-state index in [1.807, 2.05) is 6.92 Å². The van der Waals surface area contributed by atoms with Crippen LogP contribution in [0.15, 0.2) is 0 Å². The Morgan fingerprint density at radius 3 is 2.00 bits per heavy atom. The van der Waals surface area contributed by atoms with E-state index in [9.17, 15) is 13.2 Å². The Morgan fingerprint density at radius 2 is 1.77 bits per heavy atom. The van der Waals surface area contributed by atoms with Gasteiger partial charge < -0.3 is 4.74 Å². The number of hydrogen-bond acceptors (Lipinski definition) is 1. The van der Waals surface area contributed by atoms with E-state index in [2.05, 4.69) is 4.74 Å². The first-order chi connectivity index (χ1) is 5.97. The molecule has 13 heavy (non-hydrogen) atoms. The number of hydrogen-bond donors (Lipinski definition) is 0. The van der Waals surface area contributed by atoms with Crippen LogP contribution in [-0.4, -0.2) is 19.4 Å². The average molecular weight is 198 g/mol. The van der Waals surface area contributed by atoms with Gasteiger partial charge in [0, 0.05) is 7.11 Å². The van der Waals surface area contributed by atoms with Crippen molar-refractivity contribution in [2.45, 2.75) is 45.4 Å². The van der Waals surface area contributed by atoms with Gasteiger partial charge in [-0.05, 0) is 12.3 Å². The van der Waals surface area contributed by atoms with Crippen molar-refractivity contribution in [2.75, 3.05) is 7.11 Å². The zero-order valence-corrected chi connectivity index (χ0v) is 8.32. The predicted molar refractivity (Wildman–Crippen MR) is 45.5 cm³/mol. The number of halogens is 3. The number of ether oxygens (including phenoxy) is 1. The van der Waals surface area contributed by atoms with Gasteiger partial charge in [0.05, 0.1) is 0 Å².